The van der Waals surface area contributed by atoms with Crippen LogP contribution in [0, 0.1) is 6.92 Å². The Hall–Kier alpha value is -2.22. The quantitative estimate of drug-likeness (QED) is 0.711. The number of nitrogens with one attached hydrogen (secondary N) is 1. The number of aromatic amines is 1. The summed E-state index contributed by atoms with van der Waals surface area (Å²) in [5, 5.41) is 1.17. The maximum absolute atomic E-state index is 5.37. The largest absolute Gasteiger partial charge is 0.495 e. The lowest BCUT2D eigenvalue weighted by molar-refractivity contribution is 0.419. The summed E-state index contributed by atoms with van der Waals surface area (Å²) in [6.45, 7) is 2.10. The molecule has 0 saturated heterocycles. The van der Waals surface area contributed by atoms with E-state index in [1.165, 1.54) is 16.5 Å². The van der Waals surface area contributed by atoms with E-state index in [9.17, 15) is 0 Å². The van der Waals surface area contributed by atoms with E-state index in [1.54, 1.807) is 7.11 Å². The Morgan fingerprint density at radius 2 is 1.83 bits per heavy atom. The van der Waals surface area contributed by atoms with Gasteiger partial charge in [-0.05, 0) is 30.7 Å². The number of H-pyrrole nitrogens is 1. The monoisotopic (exact) mass is 237 g/mol. The lowest BCUT2D eigenvalue weighted by atomic mass is 10.1. The molecule has 0 radical (unpaired) electrons. The van der Waals surface area contributed by atoms with Gasteiger partial charge in [-0.3, -0.25) is 0 Å². The first-order valence-electron chi connectivity index (χ1n) is 6.01. The van der Waals surface area contributed by atoms with E-state index in [-0.39, 0.29) is 0 Å². The lowest BCUT2D eigenvalue weighted by Crippen LogP contribution is -1.83. The van der Waals surface area contributed by atoms with E-state index in [4.69, 9.17) is 4.74 Å². The van der Waals surface area contributed by atoms with Crippen molar-refractivity contribution in [1.82, 2.24) is 4.98 Å². The summed E-state index contributed by atoms with van der Waals surface area (Å²) in [6, 6.07) is 16.7. The lowest BCUT2D eigenvalue weighted by Gasteiger charge is -2.01. The second-order valence-corrected chi connectivity index (χ2v) is 4.48. The molecule has 3 rings (SSSR count). The number of rotatable bonds is 2. The standard InChI is InChI=1S/C16H15NO/c1-11-5-3-6-12(9-11)14-10-13-7-4-8-15(18-2)16(13)17-14/h3-10,17H,1-2H3. The topological polar surface area (TPSA) is 25.0 Å². The third-order valence-corrected chi connectivity index (χ3v) is 3.17. The van der Waals surface area contributed by atoms with Gasteiger partial charge in [0.25, 0.3) is 0 Å². The van der Waals surface area contributed by atoms with Crippen LogP contribution >= 0.6 is 0 Å². The summed E-state index contributed by atoms with van der Waals surface area (Å²) in [4.78, 5) is 3.43. The molecule has 18 heavy (non-hydrogen) atoms. The number of ether oxygens (including phenoxy) is 1. The number of aryl methyl sites for hydroxylation is 1. The van der Waals surface area contributed by atoms with Gasteiger partial charge in [0, 0.05) is 11.1 Å². The number of hydrogen-bond donors (Lipinski definition) is 1. The van der Waals surface area contributed by atoms with Crippen LogP contribution < -0.4 is 4.74 Å². The second kappa shape index (κ2) is 4.22. The SMILES string of the molecule is COc1cccc2cc(-c3cccc(C)c3)[nH]c12. The highest BCUT2D eigenvalue weighted by molar-refractivity contribution is 5.90. The Bertz CT molecular complexity index is 697. The van der Waals surface area contributed by atoms with Gasteiger partial charge in [-0.15, -0.1) is 0 Å². The molecule has 2 nitrogen and oxygen atoms in total. The molecule has 3 aromatic rings. The van der Waals surface area contributed by atoms with Crippen molar-refractivity contribution < 1.29 is 4.74 Å². The molecule has 1 aromatic heterocycles. The molecule has 2 aromatic carbocycles. The number of para-hydroxylation sites is 1. The van der Waals surface area contributed by atoms with E-state index < -0.39 is 0 Å². The van der Waals surface area contributed by atoms with Crippen molar-refractivity contribution in [3.63, 3.8) is 0 Å². The van der Waals surface area contributed by atoms with Crippen molar-refractivity contribution in [2.75, 3.05) is 7.11 Å². The van der Waals surface area contributed by atoms with E-state index in [1.807, 2.05) is 12.1 Å². The minimum atomic E-state index is 0.881. The van der Waals surface area contributed by atoms with Gasteiger partial charge in [0.05, 0.1) is 12.6 Å². The predicted octanol–water partition coefficient (Wildman–Crippen LogP) is 4.15. The molecule has 0 fully saturated rings. The van der Waals surface area contributed by atoms with Gasteiger partial charge in [-0.2, -0.15) is 0 Å². The van der Waals surface area contributed by atoms with Gasteiger partial charge in [-0.25, -0.2) is 0 Å². The molecular formula is C16H15NO. The van der Waals surface area contributed by atoms with Crippen LogP contribution in [0.5, 0.6) is 5.75 Å². The first-order chi connectivity index (χ1) is 8.78. The van der Waals surface area contributed by atoms with Crippen LogP contribution in [0.3, 0.4) is 0 Å². The van der Waals surface area contributed by atoms with Crippen LogP contribution in [0.1, 0.15) is 5.56 Å². The minimum Gasteiger partial charge on any atom is -0.495 e. The van der Waals surface area contributed by atoms with Crippen LogP contribution in [0.2, 0.25) is 0 Å². The third-order valence-electron chi connectivity index (χ3n) is 3.17. The van der Waals surface area contributed by atoms with Crippen molar-refractivity contribution in [3.8, 4) is 17.0 Å². The molecule has 0 unspecified atom stereocenters. The highest BCUT2D eigenvalue weighted by Gasteiger charge is 2.06. The van der Waals surface area contributed by atoms with E-state index in [0.717, 1.165) is 17.0 Å². The molecule has 1 N–H and O–H groups in total. The molecule has 90 valence electrons. The van der Waals surface area contributed by atoms with Crippen LogP contribution in [0.4, 0.5) is 0 Å². The van der Waals surface area contributed by atoms with Gasteiger partial charge in [-0.1, -0.05) is 35.9 Å². The molecule has 0 bridgehead atoms. The zero-order valence-corrected chi connectivity index (χ0v) is 10.5. The average Bonchev–Trinajstić information content (AvgIpc) is 2.82. The second-order valence-electron chi connectivity index (χ2n) is 4.48. The van der Waals surface area contributed by atoms with Gasteiger partial charge in [0.2, 0.25) is 0 Å². The molecule has 0 spiro atoms. The van der Waals surface area contributed by atoms with Crippen LogP contribution in [-0.2, 0) is 0 Å². The first-order valence-corrected chi connectivity index (χ1v) is 6.01. The fourth-order valence-corrected chi connectivity index (χ4v) is 2.27. The van der Waals surface area contributed by atoms with Crippen molar-refractivity contribution in [1.29, 1.82) is 0 Å². The molecule has 0 atom stereocenters. The van der Waals surface area contributed by atoms with Crippen LogP contribution in [-0.4, -0.2) is 12.1 Å². The smallest absolute Gasteiger partial charge is 0.142 e. The molecule has 1 heterocycles. The molecule has 0 aliphatic carbocycles. The molecule has 0 amide bonds. The van der Waals surface area contributed by atoms with Crippen molar-refractivity contribution >= 4 is 10.9 Å². The number of hydrogen-bond acceptors (Lipinski definition) is 1. The predicted molar refractivity (Wildman–Crippen MR) is 75.0 cm³/mol. The highest BCUT2D eigenvalue weighted by atomic mass is 16.5. The maximum Gasteiger partial charge on any atom is 0.142 e. The Morgan fingerprint density at radius 1 is 1.00 bits per heavy atom. The van der Waals surface area contributed by atoms with E-state index in [0.29, 0.717) is 0 Å². The molecular weight excluding hydrogens is 222 g/mol. The Morgan fingerprint density at radius 3 is 2.61 bits per heavy atom. The van der Waals surface area contributed by atoms with Crippen LogP contribution in [0.15, 0.2) is 48.5 Å². The van der Waals surface area contributed by atoms with Gasteiger partial charge in [0.1, 0.15) is 5.75 Å². The summed E-state index contributed by atoms with van der Waals surface area (Å²) >= 11 is 0. The number of aromatic nitrogens is 1. The fourth-order valence-electron chi connectivity index (χ4n) is 2.27. The van der Waals surface area contributed by atoms with Gasteiger partial charge >= 0.3 is 0 Å². The summed E-state index contributed by atoms with van der Waals surface area (Å²) in [6.07, 6.45) is 0. The summed E-state index contributed by atoms with van der Waals surface area (Å²) in [7, 11) is 1.70. The molecule has 0 aliphatic heterocycles. The third kappa shape index (κ3) is 1.76. The number of methoxy groups -OCH3 is 1. The number of fused-ring (bicyclic) bond motifs is 1. The molecule has 2 heteroatoms. The van der Waals surface area contributed by atoms with Gasteiger partial charge in [0.15, 0.2) is 0 Å². The minimum absolute atomic E-state index is 0.881. The first kappa shape index (κ1) is 10.9. The van der Waals surface area contributed by atoms with E-state index >= 15 is 0 Å². The Labute approximate surface area is 106 Å². The molecule has 0 aliphatic rings. The Kier molecular flexibility index (Phi) is 2.56. The van der Waals surface area contributed by atoms with E-state index in [2.05, 4.69) is 48.3 Å². The number of benzene rings is 2. The van der Waals surface area contributed by atoms with Crippen molar-refractivity contribution in [3.05, 3.63) is 54.1 Å². The summed E-state index contributed by atoms with van der Waals surface area (Å²) < 4.78 is 5.37. The normalized spacial score (nSPS) is 10.8. The maximum atomic E-state index is 5.37. The summed E-state index contributed by atoms with van der Waals surface area (Å²) in [5.41, 5.74) is 4.64. The summed E-state index contributed by atoms with van der Waals surface area (Å²) in [5.74, 6) is 0.881. The van der Waals surface area contributed by atoms with Crippen molar-refractivity contribution in [2.45, 2.75) is 6.92 Å². The average molecular weight is 237 g/mol. The molecule has 0 saturated carbocycles. The zero-order chi connectivity index (χ0) is 12.5. The van der Waals surface area contributed by atoms with Crippen LogP contribution in [0.25, 0.3) is 22.2 Å². The highest BCUT2D eigenvalue weighted by Crippen LogP contribution is 2.30. The Balaban J connectivity index is 2.19. The van der Waals surface area contributed by atoms with Crippen molar-refractivity contribution in [2.24, 2.45) is 0 Å². The fraction of sp³-hybridized carbons (Fsp3) is 0.125. The van der Waals surface area contributed by atoms with Gasteiger partial charge < -0.3 is 9.72 Å². The zero-order valence-electron chi connectivity index (χ0n) is 10.5.